The molecule has 1 fully saturated rings. The Bertz CT molecular complexity index is 1210. The molecule has 0 saturated heterocycles. The fraction of sp³-hybridized carbons (Fsp3) is 0.500. The zero-order chi connectivity index (χ0) is 27.2. The number of anilines is 1. The van der Waals surface area contributed by atoms with E-state index >= 15 is 0 Å². The highest BCUT2D eigenvalue weighted by atomic mass is 79.9. The standard InChI is InChI=1S/C28H38BrN3O4S/c1-5-26(28(34)30-23-12-7-6-8-13-23)31(18-22-11-9-10-20(2)16-22)27(33)19-32(37(4,35)36)24-14-15-25(29)21(3)17-24/h9-11,14-17,23,26H,5-8,12-13,18-19H2,1-4H3,(H,30,34)/t26-/m1/s1. The predicted molar refractivity (Wildman–Crippen MR) is 152 cm³/mol. The number of halogens is 1. The van der Waals surface area contributed by atoms with Gasteiger partial charge in [0.25, 0.3) is 0 Å². The first-order valence-corrected chi connectivity index (χ1v) is 15.5. The summed E-state index contributed by atoms with van der Waals surface area (Å²) in [5.41, 5.74) is 3.20. The minimum absolute atomic E-state index is 0.115. The van der Waals surface area contributed by atoms with E-state index in [-0.39, 0.29) is 25.0 Å². The fourth-order valence-corrected chi connectivity index (χ4v) is 5.96. The van der Waals surface area contributed by atoms with E-state index < -0.39 is 22.0 Å². The maximum Gasteiger partial charge on any atom is 0.244 e. The SMILES string of the molecule is CC[C@H](C(=O)NC1CCCCC1)N(Cc1cccc(C)c1)C(=O)CN(c1ccc(Br)c(C)c1)S(C)(=O)=O. The average Bonchev–Trinajstić information content (AvgIpc) is 2.84. The lowest BCUT2D eigenvalue weighted by Crippen LogP contribution is -2.53. The van der Waals surface area contributed by atoms with Crippen molar-refractivity contribution in [3.63, 3.8) is 0 Å². The van der Waals surface area contributed by atoms with Crippen molar-refractivity contribution >= 4 is 43.5 Å². The van der Waals surface area contributed by atoms with Crippen LogP contribution in [0.15, 0.2) is 46.9 Å². The second-order valence-corrected chi connectivity index (χ2v) is 12.7. The van der Waals surface area contributed by atoms with Crippen LogP contribution in [0.3, 0.4) is 0 Å². The van der Waals surface area contributed by atoms with Gasteiger partial charge in [0.15, 0.2) is 0 Å². The number of sulfonamides is 1. The van der Waals surface area contributed by atoms with Gasteiger partial charge in [0.05, 0.1) is 11.9 Å². The number of nitrogens with zero attached hydrogens (tertiary/aromatic N) is 2. The van der Waals surface area contributed by atoms with Crippen LogP contribution in [0.25, 0.3) is 0 Å². The lowest BCUT2D eigenvalue weighted by molar-refractivity contribution is -0.140. The van der Waals surface area contributed by atoms with E-state index in [2.05, 4.69) is 21.2 Å². The lowest BCUT2D eigenvalue weighted by atomic mass is 9.95. The molecule has 0 bridgehead atoms. The molecule has 2 amide bonds. The van der Waals surface area contributed by atoms with Crippen LogP contribution in [0.4, 0.5) is 5.69 Å². The van der Waals surface area contributed by atoms with Crippen LogP contribution < -0.4 is 9.62 Å². The van der Waals surface area contributed by atoms with Gasteiger partial charge in [-0.2, -0.15) is 0 Å². The van der Waals surface area contributed by atoms with Crippen LogP contribution in [0.1, 0.15) is 62.1 Å². The predicted octanol–water partition coefficient (Wildman–Crippen LogP) is 5.09. The number of hydrogen-bond donors (Lipinski definition) is 1. The molecule has 9 heteroatoms. The van der Waals surface area contributed by atoms with E-state index in [1.54, 1.807) is 18.2 Å². The first-order valence-electron chi connectivity index (χ1n) is 12.9. The zero-order valence-corrected chi connectivity index (χ0v) is 24.6. The van der Waals surface area contributed by atoms with Crippen molar-refractivity contribution in [3.05, 3.63) is 63.6 Å². The van der Waals surface area contributed by atoms with Gasteiger partial charge in [-0.1, -0.05) is 71.9 Å². The molecule has 1 saturated carbocycles. The molecule has 2 aromatic rings. The van der Waals surface area contributed by atoms with Gasteiger partial charge in [0.1, 0.15) is 12.6 Å². The highest BCUT2D eigenvalue weighted by molar-refractivity contribution is 9.10. The van der Waals surface area contributed by atoms with Gasteiger partial charge in [-0.25, -0.2) is 8.42 Å². The Balaban J connectivity index is 1.93. The van der Waals surface area contributed by atoms with Crippen molar-refractivity contribution in [2.75, 3.05) is 17.1 Å². The lowest BCUT2D eigenvalue weighted by Gasteiger charge is -2.34. The molecule has 0 aliphatic heterocycles. The Morgan fingerprint density at radius 3 is 2.38 bits per heavy atom. The van der Waals surface area contributed by atoms with Crippen molar-refractivity contribution < 1.29 is 18.0 Å². The van der Waals surface area contributed by atoms with Crippen LogP contribution in [0.5, 0.6) is 0 Å². The van der Waals surface area contributed by atoms with Crippen LogP contribution in [-0.4, -0.2) is 50.0 Å². The number of carbonyl (C=O) groups is 2. The third kappa shape index (κ3) is 8.04. The molecule has 37 heavy (non-hydrogen) atoms. The first-order chi connectivity index (χ1) is 17.5. The van der Waals surface area contributed by atoms with Gasteiger partial charge < -0.3 is 10.2 Å². The smallest absolute Gasteiger partial charge is 0.244 e. The molecule has 1 aliphatic rings. The molecule has 1 aliphatic carbocycles. The molecule has 1 atom stereocenters. The quantitative estimate of drug-likeness (QED) is 0.417. The number of nitrogens with one attached hydrogen (secondary N) is 1. The van der Waals surface area contributed by atoms with Crippen molar-refractivity contribution in [2.45, 2.75) is 77.9 Å². The summed E-state index contributed by atoms with van der Waals surface area (Å²) >= 11 is 3.44. The number of carbonyl (C=O) groups excluding carboxylic acids is 2. The maximum atomic E-state index is 13.8. The Morgan fingerprint density at radius 1 is 1.08 bits per heavy atom. The van der Waals surface area contributed by atoms with Gasteiger partial charge in [-0.3, -0.25) is 13.9 Å². The van der Waals surface area contributed by atoms with Crippen LogP contribution in [0.2, 0.25) is 0 Å². The molecule has 7 nitrogen and oxygen atoms in total. The van der Waals surface area contributed by atoms with E-state index in [9.17, 15) is 18.0 Å². The van der Waals surface area contributed by atoms with E-state index in [1.165, 1.54) is 11.3 Å². The van der Waals surface area contributed by atoms with E-state index in [4.69, 9.17) is 0 Å². The third-order valence-electron chi connectivity index (χ3n) is 6.88. The summed E-state index contributed by atoms with van der Waals surface area (Å²) in [6.45, 7) is 5.55. The fourth-order valence-electron chi connectivity index (χ4n) is 4.87. The number of hydrogen-bond acceptors (Lipinski definition) is 4. The number of aryl methyl sites for hydroxylation is 2. The van der Waals surface area contributed by atoms with Crippen molar-refractivity contribution in [2.24, 2.45) is 0 Å². The Hall–Kier alpha value is -2.39. The monoisotopic (exact) mass is 591 g/mol. The minimum atomic E-state index is -3.76. The van der Waals surface area contributed by atoms with Crippen LogP contribution in [-0.2, 0) is 26.2 Å². The Morgan fingerprint density at radius 2 is 1.78 bits per heavy atom. The summed E-state index contributed by atoms with van der Waals surface area (Å²) in [5.74, 6) is -0.598. The Labute approximate surface area is 229 Å². The molecule has 0 aromatic heterocycles. The third-order valence-corrected chi connectivity index (χ3v) is 8.91. The number of amides is 2. The van der Waals surface area contributed by atoms with Gasteiger partial charge >= 0.3 is 0 Å². The molecule has 2 aromatic carbocycles. The van der Waals surface area contributed by atoms with Gasteiger partial charge in [0, 0.05) is 17.1 Å². The largest absolute Gasteiger partial charge is 0.352 e. The van der Waals surface area contributed by atoms with Crippen molar-refractivity contribution in [3.8, 4) is 0 Å². The molecular weight excluding hydrogens is 554 g/mol. The molecule has 0 spiro atoms. The highest BCUT2D eigenvalue weighted by Gasteiger charge is 2.33. The van der Waals surface area contributed by atoms with E-state index in [0.717, 1.165) is 57.4 Å². The highest BCUT2D eigenvalue weighted by Crippen LogP contribution is 2.25. The zero-order valence-electron chi connectivity index (χ0n) is 22.2. The van der Waals surface area contributed by atoms with Crippen LogP contribution in [0, 0.1) is 13.8 Å². The summed E-state index contributed by atoms with van der Waals surface area (Å²) in [6, 6.07) is 12.4. The van der Waals surface area contributed by atoms with E-state index in [0.29, 0.717) is 12.1 Å². The van der Waals surface area contributed by atoms with E-state index in [1.807, 2.05) is 45.0 Å². The molecule has 0 heterocycles. The molecule has 1 N–H and O–H groups in total. The van der Waals surface area contributed by atoms with Crippen molar-refractivity contribution in [1.82, 2.24) is 10.2 Å². The second-order valence-electron chi connectivity index (χ2n) is 9.98. The summed E-state index contributed by atoms with van der Waals surface area (Å²) in [4.78, 5) is 28.8. The normalized spacial score (nSPS) is 15.2. The average molecular weight is 593 g/mol. The molecule has 0 unspecified atom stereocenters. The maximum absolute atomic E-state index is 13.8. The summed E-state index contributed by atoms with van der Waals surface area (Å²) in [6.07, 6.45) is 6.76. The molecule has 202 valence electrons. The first kappa shape index (κ1) is 29.2. The molecule has 0 radical (unpaired) electrons. The number of rotatable bonds is 10. The Kier molecular flexibility index (Phi) is 10.2. The van der Waals surface area contributed by atoms with Gasteiger partial charge in [-0.15, -0.1) is 0 Å². The second kappa shape index (κ2) is 12.9. The van der Waals surface area contributed by atoms with Gasteiger partial charge in [-0.05, 0) is 62.4 Å². The topological polar surface area (TPSA) is 86.8 Å². The minimum Gasteiger partial charge on any atom is -0.352 e. The summed E-state index contributed by atoms with van der Waals surface area (Å²) < 4.78 is 27.5. The number of benzene rings is 2. The van der Waals surface area contributed by atoms with Crippen molar-refractivity contribution in [1.29, 1.82) is 0 Å². The molecular formula is C28H38BrN3O4S. The van der Waals surface area contributed by atoms with Gasteiger partial charge in [0.2, 0.25) is 21.8 Å². The van der Waals surface area contributed by atoms with Crippen LogP contribution >= 0.6 is 15.9 Å². The summed E-state index contributed by atoms with van der Waals surface area (Å²) in [7, 11) is -3.76. The molecule has 3 rings (SSSR count). The summed E-state index contributed by atoms with van der Waals surface area (Å²) in [5, 5.41) is 3.16.